The largest absolute Gasteiger partial charge is 0.456 e. The zero-order valence-corrected chi connectivity index (χ0v) is 33.3. The van der Waals surface area contributed by atoms with E-state index in [0.717, 1.165) is 16.9 Å². The minimum atomic E-state index is -1.95. The smallest absolute Gasteiger partial charge is 0.139 e. The van der Waals surface area contributed by atoms with Crippen LogP contribution in [0.2, 0.25) is 13.1 Å². The Morgan fingerprint density at radius 3 is 2.00 bits per heavy atom. The van der Waals surface area contributed by atoms with Crippen LogP contribution in [0.25, 0.3) is 44.2 Å². The van der Waals surface area contributed by atoms with Gasteiger partial charge >= 0.3 is 0 Å². The molecule has 9 rings (SSSR count). The second-order valence-corrected chi connectivity index (χ2v) is 22.6. The summed E-state index contributed by atoms with van der Waals surface area (Å²) in [5.41, 5.74) is 16.0. The highest BCUT2D eigenvalue weighted by molar-refractivity contribution is 7.03. The van der Waals surface area contributed by atoms with Crippen molar-refractivity contribution in [2.45, 2.75) is 84.7 Å². The molecule has 0 atom stereocenters. The van der Waals surface area contributed by atoms with E-state index in [1.54, 1.807) is 0 Å². The van der Waals surface area contributed by atoms with E-state index in [-0.39, 0.29) is 16.2 Å². The first-order valence-corrected chi connectivity index (χ1v) is 21.9. The molecule has 0 N–H and O–H groups in total. The lowest BCUT2D eigenvalue weighted by molar-refractivity contribution is 0.559. The summed E-state index contributed by atoms with van der Waals surface area (Å²) in [6.45, 7) is 23.7. The second-order valence-electron chi connectivity index (χ2n) is 18.3. The van der Waals surface area contributed by atoms with Crippen molar-refractivity contribution >= 4 is 57.4 Å². The summed E-state index contributed by atoms with van der Waals surface area (Å²) in [5, 5.41) is 5.38. The molecule has 260 valence electrons. The Kier molecular flexibility index (Phi) is 6.88. The Morgan fingerprint density at radius 2 is 1.25 bits per heavy atom. The zero-order chi connectivity index (χ0) is 36.5. The van der Waals surface area contributed by atoms with Crippen LogP contribution in [0, 0.1) is 0 Å². The fourth-order valence-corrected chi connectivity index (χ4v) is 12.4. The van der Waals surface area contributed by atoms with Gasteiger partial charge in [0.15, 0.2) is 0 Å². The predicted octanol–water partition coefficient (Wildman–Crippen LogP) is 12.8. The van der Waals surface area contributed by atoms with E-state index in [2.05, 4.69) is 189 Å². The van der Waals surface area contributed by atoms with Crippen LogP contribution < -0.4 is 15.3 Å². The third-order valence-electron chi connectivity index (χ3n) is 12.1. The van der Waals surface area contributed by atoms with Crippen molar-refractivity contribution in [1.29, 1.82) is 0 Å². The summed E-state index contributed by atoms with van der Waals surface area (Å²) >= 11 is 0. The Labute approximate surface area is 310 Å². The third kappa shape index (κ3) is 4.61. The summed E-state index contributed by atoms with van der Waals surface area (Å²) in [6, 6.07) is 43.7. The van der Waals surface area contributed by atoms with Crippen molar-refractivity contribution in [3.63, 3.8) is 0 Å². The molecule has 2 heterocycles. The van der Waals surface area contributed by atoms with Crippen LogP contribution in [0.4, 0.5) is 17.1 Å². The minimum Gasteiger partial charge on any atom is -0.456 e. The molecule has 0 spiro atoms. The lowest BCUT2D eigenvalue weighted by Gasteiger charge is -2.33. The summed E-state index contributed by atoms with van der Waals surface area (Å²) < 4.78 is 6.95. The number of benzene rings is 6. The number of furan rings is 1. The fourth-order valence-electron chi connectivity index (χ4n) is 9.33. The van der Waals surface area contributed by atoms with Gasteiger partial charge in [0, 0.05) is 22.1 Å². The normalized spacial score (nSPS) is 15.4. The highest BCUT2D eigenvalue weighted by Gasteiger charge is 2.41. The van der Waals surface area contributed by atoms with Gasteiger partial charge < -0.3 is 9.32 Å². The van der Waals surface area contributed by atoms with E-state index in [1.807, 2.05) is 0 Å². The Bertz CT molecular complexity index is 2600. The van der Waals surface area contributed by atoms with Crippen molar-refractivity contribution in [1.82, 2.24) is 0 Å². The highest BCUT2D eigenvalue weighted by Crippen LogP contribution is 2.55. The average molecular weight is 696 g/mol. The van der Waals surface area contributed by atoms with Crippen LogP contribution in [0.15, 0.2) is 120 Å². The molecule has 2 aliphatic rings. The summed E-state index contributed by atoms with van der Waals surface area (Å²) in [5.74, 6) is 0. The quantitative estimate of drug-likeness (QED) is 0.171. The van der Waals surface area contributed by atoms with Gasteiger partial charge in [0.1, 0.15) is 19.2 Å². The summed E-state index contributed by atoms with van der Waals surface area (Å²) in [7, 11) is -1.95. The van der Waals surface area contributed by atoms with Crippen molar-refractivity contribution in [2.24, 2.45) is 0 Å². The van der Waals surface area contributed by atoms with E-state index in [1.165, 1.54) is 77.0 Å². The summed E-state index contributed by atoms with van der Waals surface area (Å²) in [6.07, 6.45) is 0. The molecule has 52 heavy (non-hydrogen) atoms. The predicted molar refractivity (Wildman–Crippen MR) is 226 cm³/mol. The molecule has 0 bridgehead atoms. The van der Waals surface area contributed by atoms with Crippen LogP contribution in [0.3, 0.4) is 0 Å². The number of fused-ring (bicyclic) bond motifs is 9. The number of hydrogen-bond acceptors (Lipinski definition) is 2. The van der Waals surface area contributed by atoms with Gasteiger partial charge in [-0.15, -0.1) is 0 Å². The molecule has 0 saturated carbocycles. The maximum Gasteiger partial charge on any atom is 0.139 e. The number of nitrogens with zero attached hydrogens (tertiary/aromatic N) is 1. The van der Waals surface area contributed by atoms with Crippen LogP contribution in [0.1, 0.15) is 77.6 Å². The number of anilines is 3. The van der Waals surface area contributed by atoms with Gasteiger partial charge in [-0.25, -0.2) is 0 Å². The molecular formula is C49H49NOSi. The molecule has 1 aromatic heterocycles. The van der Waals surface area contributed by atoms with E-state index in [0.29, 0.717) is 0 Å². The van der Waals surface area contributed by atoms with Crippen molar-refractivity contribution < 1.29 is 4.42 Å². The van der Waals surface area contributed by atoms with Gasteiger partial charge in [-0.05, 0) is 96.5 Å². The molecule has 0 saturated heterocycles. The Hall–Kier alpha value is -4.86. The van der Waals surface area contributed by atoms with Crippen LogP contribution in [0.5, 0.6) is 0 Å². The van der Waals surface area contributed by atoms with E-state index in [9.17, 15) is 0 Å². The SMILES string of the molecule is CC(C)(C)c1cc(C(C)(C)C)c2oc3cccc(N(c4ccc5c(c4)[Si](C)(C)c4ccccc4-5)c4cccc5c4C(C)(C)c4ccccc4-5)c3c2c1. The molecule has 3 heteroatoms. The molecule has 1 aliphatic carbocycles. The summed E-state index contributed by atoms with van der Waals surface area (Å²) in [4.78, 5) is 2.57. The van der Waals surface area contributed by atoms with Crippen LogP contribution in [-0.2, 0) is 16.2 Å². The second kappa shape index (κ2) is 10.8. The van der Waals surface area contributed by atoms with E-state index in [4.69, 9.17) is 4.42 Å². The first-order valence-electron chi connectivity index (χ1n) is 18.9. The number of hydrogen-bond donors (Lipinski definition) is 0. The standard InChI is InChI=1S/C49H49NOSi/c1-47(2,3)30-27-36-44-39(21-16-23-41(44)51-46(36)38(28-30)48(4,5)6)50(31-25-26-34-33-18-12-14-24-42(33)52(9,10)43(34)29-31)40-22-15-19-35-32-17-11-13-20-37(32)49(7,8)45(35)40/h11-29H,1-10H3. The topological polar surface area (TPSA) is 16.4 Å². The van der Waals surface area contributed by atoms with Crippen LogP contribution >= 0.6 is 0 Å². The van der Waals surface area contributed by atoms with Gasteiger partial charge in [0.25, 0.3) is 0 Å². The van der Waals surface area contributed by atoms with Gasteiger partial charge in [-0.1, -0.05) is 147 Å². The maximum atomic E-state index is 6.95. The van der Waals surface area contributed by atoms with Gasteiger partial charge in [0.05, 0.1) is 16.8 Å². The van der Waals surface area contributed by atoms with Gasteiger partial charge in [-0.2, -0.15) is 0 Å². The molecule has 0 amide bonds. The van der Waals surface area contributed by atoms with Crippen LogP contribution in [-0.4, -0.2) is 8.07 Å². The lowest BCUT2D eigenvalue weighted by Crippen LogP contribution is -2.49. The maximum absolute atomic E-state index is 6.95. The first-order chi connectivity index (χ1) is 24.6. The zero-order valence-electron chi connectivity index (χ0n) is 32.3. The first kappa shape index (κ1) is 33.0. The monoisotopic (exact) mass is 695 g/mol. The molecular weight excluding hydrogens is 647 g/mol. The van der Waals surface area contributed by atoms with Gasteiger partial charge in [0.2, 0.25) is 0 Å². The Morgan fingerprint density at radius 1 is 0.596 bits per heavy atom. The minimum absolute atomic E-state index is 0.0202. The Balaban J connectivity index is 1.39. The van der Waals surface area contributed by atoms with E-state index >= 15 is 0 Å². The van der Waals surface area contributed by atoms with E-state index < -0.39 is 8.07 Å². The molecule has 0 radical (unpaired) electrons. The third-order valence-corrected chi connectivity index (χ3v) is 15.7. The molecule has 0 fully saturated rings. The fraction of sp³-hybridized carbons (Fsp3) is 0.265. The van der Waals surface area contributed by atoms with Crippen molar-refractivity contribution in [3.8, 4) is 22.3 Å². The molecule has 2 nitrogen and oxygen atoms in total. The number of rotatable bonds is 3. The average Bonchev–Trinajstić information content (AvgIpc) is 3.68. The molecule has 7 aromatic rings. The van der Waals surface area contributed by atoms with Gasteiger partial charge in [-0.3, -0.25) is 0 Å². The highest BCUT2D eigenvalue weighted by atomic mass is 28.3. The lowest BCUT2D eigenvalue weighted by atomic mass is 9.79. The molecule has 0 unspecified atom stereocenters. The van der Waals surface area contributed by atoms with Crippen molar-refractivity contribution in [2.75, 3.05) is 4.90 Å². The molecule has 1 aliphatic heterocycles. The van der Waals surface area contributed by atoms with Crippen molar-refractivity contribution in [3.05, 3.63) is 138 Å². The molecule has 6 aromatic carbocycles.